The predicted molar refractivity (Wildman–Crippen MR) is 89.8 cm³/mol. The lowest BCUT2D eigenvalue weighted by molar-refractivity contribution is -0.194. The summed E-state index contributed by atoms with van der Waals surface area (Å²) in [5.74, 6) is -1.11. The van der Waals surface area contributed by atoms with E-state index >= 15 is 0 Å². The number of esters is 1. The van der Waals surface area contributed by atoms with Crippen molar-refractivity contribution in [3.05, 3.63) is 18.1 Å². The van der Waals surface area contributed by atoms with Crippen molar-refractivity contribution in [1.29, 1.82) is 0 Å². The van der Waals surface area contributed by atoms with E-state index in [-0.39, 0.29) is 24.7 Å². The van der Waals surface area contributed by atoms with Gasteiger partial charge < -0.3 is 14.2 Å². The number of hydrogen-bond donors (Lipinski definition) is 0. The van der Waals surface area contributed by atoms with E-state index in [0.717, 1.165) is 7.11 Å². The van der Waals surface area contributed by atoms with Crippen molar-refractivity contribution in [3.8, 4) is 5.88 Å². The zero-order valence-corrected chi connectivity index (χ0v) is 15.9. The summed E-state index contributed by atoms with van der Waals surface area (Å²) < 4.78 is 55.7. The lowest BCUT2D eigenvalue weighted by atomic mass is 9.99. The van der Waals surface area contributed by atoms with E-state index in [1.165, 1.54) is 12.3 Å². The van der Waals surface area contributed by atoms with Gasteiger partial charge in [0.1, 0.15) is 17.7 Å². The number of methoxy groups -OCH3 is 1. The van der Waals surface area contributed by atoms with Gasteiger partial charge in [-0.05, 0) is 20.8 Å². The van der Waals surface area contributed by atoms with E-state index in [9.17, 15) is 22.8 Å². The molecule has 0 unspecified atom stereocenters. The average molecular weight is 405 g/mol. The number of rotatable bonds is 3. The molecule has 1 aromatic rings. The van der Waals surface area contributed by atoms with Crippen LogP contribution in [0, 0.1) is 0 Å². The summed E-state index contributed by atoms with van der Waals surface area (Å²) in [6, 6.07) is -0.724. The maximum Gasteiger partial charge on any atom is 0.410 e. The fraction of sp³-hybridized carbons (Fsp3) is 0.647. The highest BCUT2D eigenvalue weighted by Crippen LogP contribution is 2.34. The molecule has 1 aliphatic heterocycles. The van der Waals surface area contributed by atoms with Crippen molar-refractivity contribution in [1.82, 2.24) is 14.9 Å². The second-order valence-electron chi connectivity index (χ2n) is 7.21. The molecular formula is C17H22F3N3O5. The number of ether oxygens (including phenoxy) is 3. The van der Waals surface area contributed by atoms with Gasteiger partial charge in [-0.15, -0.1) is 0 Å². The molecule has 0 aliphatic carbocycles. The molecule has 1 aliphatic rings. The van der Waals surface area contributed by atoms with Crippen LogP contribution in [0.4, 0.5) is 18.0 Å². The third kappa shape index (κ3) is 5.70. The van der Waals surface area contributed by atoms with Crippen molar-refractivity contribution in [3.63, 3.8) is 0 Å². The molecule has 0 saturated carbocycles. The minimum Gasteiger partial charge on any atom is -0.474 e. The summed E-state index contributed by atoms with van der Waals surface area (Å²) in [6.07, 6.45) is -5.63. The smallest absolute Gasteiger partial charge is 0.410 e. The first-order chi connectivity index (χ1) is 12.9. The highest BCUT2D eigenvalue weighted by atomic mass is 19.4. The van der Waals surface area contributed by atoms with Crippen LogP contribution >= 0.6 is 0 Å². The lowest BCUT2D eigenvalue weighted by Gasteiger charge is -2.40. The monoisotopic (exact) mass is 405 g/mol. The number of halogens is 3. The van der Waals surface area contributed by atoms with Gasteiger partial charge in [-0.1, -0.05) is 0 Å². The molecule has 2 rings (SSSR count). The number of alkyl halides is 3. The van der Waals surface area contributed by atoms with Crippen LogP contribution in [-0.2, 0) is 9.47 Å². The van der Waals surface area contributed by atoms with Crippen molar-refractivity contribution >= 4 is 12.1 Å². The third-order valence-corrected chi connectivity index (χ3v) is 3.85. The van der Waals surface area contributed by atoms with Crippen LogP contribution in [0.25, 0.3) is 0 Å². The van der Waals surface area contributed by atoms with Crippen LogP contribution in [0.1, 0.15) is 44.2 Å². The van der Waals surface area contributed by atoms with Gasteiger partial charge in [0.25, 0.3) is 0 Å². The van der Waals surface area contributed by atoms with Crippen LogP contribution in [0.3, 0.4) is 0 Å². The van der Waals surface area contributed by atoms with Gasteiger partial charge in [-0.3, -0.25) is 4.90 Å². The highest BCUT2D eigenvalue weighted by molar-refractivity contribution is 5.84. The van der Waals surface area contributed by atoms with Crippen molar-refractivity contribution < 1.29 is 37.0 Å². The summed E-state index contributed by atoms with van der Waals surface area (Å²) in [5, 5.41) is 0. The molecule has 1 saturated heterocycles. The van der Waals surface area contributed by atoms with E-state index in [4.69, 9.17) is 9.47 Å². The zero-order valence-electron chi connectivity index (χ0n) is 15.9. The molecular weight excluding hydrogens is 383 g/mol. The molecule has 8 nitrogen and oxygen atoms in total. The molecule has 0 spiro atoms. The number of likely N-dealkylation sites (tertiary alicyclic amines) is 1. The Morgan fingerprint density at radius 2 is 1.93 bits per heavy atom. The van der Waals surface area contributed by atoms with Crippen molar-refractivity contribution in [2.75, 3.05) is 13.7 Å². The second-order valence-corrected chi connectivity index (χ2v) is 7.21. The number of hydrogen-bond acceptors (Lipinski definition) is 7. The Morgan fingerprint density at radius 1 is 1.25 bits per heavy atom. The summed E-state index contributed by atoms with van der Waals surface area (Å²) in [6.45, 7) is 4.55. The molecule has 0 radical (unpaired) electrons. The Bertz CT molecular complexity index is 721. The zero-order chi connectivity index (χ0) is 21.1. The summed E-state index contributed by atoms with van der Waals surface area (Å²) in [5.41, 5.74) is -0.911. The molecule has 156 valence electrons. The topological polar surface area (TPSA) is 90.9 Å². The summed E-state index contributed by atoms with van der Waals surface area (Å²) in [4.78, 5) is 31.9. The highest BCUT2D eigenvalue weighted by Gasteiger charge is 2.50. The number of amides is 1. The van der Waals surface area contributed by atoms with Crippen LogP contribution in [0.2, 0.25) is 0 Å². The first-order valence-electron chi connectivity index (χ1n) is 8.55. The molecule has 2 atom stereocenters. The van der Waals surface area contributed by atoms with Gasteiger partial charge in [0.15, 0.2) is 0 Å². The Kier molecular flexibility index (Phi) is 6.35. The Balaban J connectivity index is 2.12. The van der Waals surface area contributed by atoms with Gasteiger partial charge in [-0.2, -0.15) is 18.2 Å². The van der Waals surface area contributed by atoms with Gasteiger partial charge >= 0.3 is 18.2 Å². The average Bonchev–Trinajstić information content (AvgIpc) is 2.59. The second kappa shape index (κ2) is 8.19. The van der Waals surface area contributed by atoms with Crippen molar-refractivity contribution in [2.24, 2.45) is 0 Å². The Morgan fingerprint density at radius 3 is 2.50 bits per heavy atom. The number of piperidine rings is 1. The molecule has 1 aromatic heterocycles. The number of carbonyl (C=O) groups is 2. The SMILES string of the molecule is COC(=O)c1nccc(O[C@H]2CCN(C(=O)OC(C)(C)C)[C@@H](C(F)(F)F)C2)n1. The fourth-order valence-electron chi connectivity index (χ4n) is 2.66. The van der Waals surface area contributed by atoms with E-state index in [2.05, 4.69) is 14.7 Å². The maximum absolute atomic E-state index is 13.5. The fourth-order valence-corrected chi connectivity index (χ4v) is 2.66. The molecule has 0 N–H and O–H groups in total. The number of aromatic nitrogens is 2. The summed E-state index contributed by atoms with van der Waals surface area (Å²) in [7, 11) is 1.15. The first-order valence-corrected chi connectivity index (χ1v) is 8.55. The van der Waals surface area contributed by atoms with Crippen molar-refractivity contribution in [2.45, 2.75) is 57.5 Å². The quantitative estimate of drug-likeness (QED) is 0.714. The molecule has 11 heteroatoms. The van der Waals surface area contributed by atoms with Crippen LogP contribution in [0.15, 0.2) is 12.3 Å². The molecule has 0 bridgehead atoms. The Hall–Kier alpha value is -2.59. The van der Waals surface area contributed by atoms with E-state index in [1.54, 1.807) is 20.8 Å². The van der Waals surface area contributed by atoms with E-state index in [1.807, 2.05) is 0 Å². The normalized spacial score (nSPS) is 20.5. The number of carbonyl (C=O) groups excluding carboxylic acids is 2. The molecule has 1 amide bonds. The van der Waals surface area contributed by atoms with E-state index in [0.29, 0.717) is 4.90 Å². The summed E-state index contributed by atoms with van der Waals surface area (Å²) >= 11 is 0. The van der Waals surface area contributed by atoms with Crippen LogP contribution in [0.5, 0.6) is 5.88 Å². The predicted octanol–water partition coefficient (Wildman–Crippen LogP) is 2.97. The molecule has 0 aromatic carbocycles. The van der Waals surface area contributed by atoms with Gasteiger partial charge in [0.2, 0.25) is 11.7 Å². The third-order valence-electron chi connectivity index (χ3n) is 3.85. The van der Waals surface area contributed by atoms with Gasteiger partial charge in [0, 0.05) is 31.6 Å². The van der Waals surface area contributed by atoms with Crippen LogP contribution in [-0.4, -0.2) is 64.5 Å². The standard InChI is InChI=1S/C17H22F3N3O5/c1-16(2,3)28-15(25)23-8-6-10(9-11(23)17(18,19)20)27-12-5-7-21-13(22-12)14(24)26-4/h5,7,10-11H,6,8-9H2,1-4H3/t10-,11+/m0/s1. The van der Waals surface area contributed by atoms with Crippen LogP contribution < -0.4 is 4.74 Å². The van der Waals surface area contributed by atoms with Gasteiger partial charge in [0.05, 0.1) is 7.11 Å². The Labute approximate surface area is 160 Å². The molecule has 1 fully saturated rings. The number of nitrogens with zero attached hydrogens (tertiary/aromatic N) is 3. The maximum atomic E-state index is 13.5. The minimum absolute atomic E-state index is 0.0490. The van der Waals surface area contributed by atoms with Gasteiger partial charge in [-0.25, -0.2) is 14.6 Å². The first kappa shape index (κ1) is 21.7. The largest absolute Gasteiger partial charge is 0.474 e. The molecule has 28 heavy (non-hydrogen) atoms. The lowest BCUT2D eigenvalue weighted by Crippen LogP contribution is -2.56. The minimum atomic E-state index is -4.65. The molecule has 2 heterocycles. The van der Waals surface area contributed by atoms with E-state index < -0.39 is 42.4 Å².